The number of rotatable bonds is 1. The lowest BCUT2D eigenvalue weighted by Gasteiger charge is -2.30. The highest BCUT2D eigenvalue weighted by Crippen LogP contribution is 2.32. The summed E-state index contributed by atoms with van der Waals surface area (Å²) in [5.74, 6) is 0.900. The molecule has 1 aromatic carbocycles. The summed E-state index contributed by atoms with van der Waals surface area (Å²) < 4.78 is 0. The zero-order chi connectivity index (χ0) is 13.3. The van der Waals surface area contributed by atoms with Crippen molar-refractivity contribution < 1.29 is 0 Å². The van der Waals surface area contributed by atoms with Crippen LogP contribution in [0.5, 0.6) is 0 Å². The molecule has 1 aliphatic heterocycles. The number of benzene rings is 1. The molecular formula is C15H19ClN2. The summed E-state index contributed by atoms with van der Waals surface area (Å²) in [5.41, 5.74) is 2.36. The van der Waals surface area contributed by atoms with Crippen LogP contribution in [0.25, 0.3) is 0 Å². The van der Waals surface area contributed by atoms with E-state index in [1.165, 1.54) is 5.56 Å². The van der Waals surface area contributed by atoms with E-state index in [9.17, 15) is 0 Å². The minimum absolute atomic E-state index is 0.00928. The second-order valence-corrected chi connectivity index (χ2v) is 6.17. The third-order valence-corrected chi connectivity index (χ3v) is 3.40. The summed E-state index contributed by atoms with van der Waals surface area (Å²) in [7, 11) is 0. The number of halogens is 1. The number of hydrogen-bond donors (Lipinski definition) is 1. The Labute approximate surface area is 114 Å². The van der Waals surface area contributed by atoms with Gasteiger partial charge in [-0.25, -0.2) is 0 Å². The zero-order valence-electron chi connectivity index (χ0n) is 11.3. The monoisotopic (exact) mass is 262 g/mol. The first kappa shape index (κ1) is 13.2. The van der Waals surface area contributed by atoms with Crippen LogP contribution in [0, 0.1) is 12.3 Å². The summed E-state index contributed by atoms with van der Waals surface area (Å²) in [6, 6.07) is 8.24. The Balaban J connectivity index is 2.40. The highest BCUT2D eigenvalue weighted by atomic mass is 35.5. The third kappa shape index (κ3) is 2.59. The van der Waals surface area contributed by atoms with Crippen molar-refractivity contribution in [3.05, 3.63) is 46.6 Å². The maximum absolute atomic E-state index is 6.25. The van der Waals surface area contributed by atoms with E-state index in [0.29, 0.717) is 0 Å². The van der Waals surface area contributed by atoms with Crippen LogP contribution >= 0.6 is 11.6 Å². The van der Waals surface area contributed by atoms with Crippen molar-refractivity contribution in [2.45, 2.75) is 33.7 Å². The maximum atomic E-state index is 6.25. The van der Waals surface area contributed by atoms with Gasteiger partial charge in [0.15, 0.2) is 0 Å². The van der Waals surface area contributed by atoms with E-state index in [1.807, 2.05) is 18.3 Å². The van der Waals surface area contributed by atoms with E-state index in [2.05, 4.69) is 45.1 Å². The van der Waals surface area contributed by atoms with Crippen molar-refractivity contribution in [2.24, 2.45) is 10.4 Å². The standard InChI is InChI=1S/C15H19ClN2/c1-10-7-5-6-8-11(10)14-17-9-12(16)13(18-14)15(2,3)4/h5-9,13H,1-4H3,(H,17,18). The first-order chi connectivity index (χ1) is 8.39. The summed E-state index contributed by atoms with van der Waals surface area (Å²) in [6.07, 6.45) is 1.85. The first-order valence-electron chi connectivity index (χ1n) is 6.15. The molecule has 96 valence electrons. The predicted octanol–water partition coefficient (Wildman–Crippen LogP) is 3.84. The number of aryl methyl sites for hydroxylation is 1. The van der Waals surface area contributed by atoms with Crippen LogP contribution in [0.2, 0.25) is 0 Å². The largest absolute Gasteiger partial charge is 0.345 e. The molecule has 1 aromatic rings. The molecule has 0 aliphatic carbocycles. The van der Waals surface area contributed by atoms with Gasteiger partial charge in [0.1, 0.15) is 5.84 Å². The Kier molecular flexibility index (Phi) is 3.49. The first-order valence-corrected chi connectivity index (χ1v) is 6.53. The van der Waals surface area contributed by atoms with E-state index in [-0.39, 0.29) is 11.5 Å². The fraction of sp³-hybridized carbons (Fsp3) is 0.400. The molecule has 0 bridgehead atoms. The van der Waals surface area contributed by atoms with Crippen molar-refractivity contribution in [3.8, 4) is 0 Å². The molecule has 0 aromatic heterocycles. The van der Waals surface area contributed by atoms with Gasteiger partial charge in [0.25, 0.3) is 0 Å². The maximum Gasteiger partial charge on any atom is 0.133 e. The molecule has 0 radical (unpaired) electrons. The summed E-state index contributed by atoms with van der Waals surface area (Å²) in [4.78, 5) is 4.77. The summed E-state index contributed by atoms with van der Waals surface area (Å²) >= 11 is 6.25. The molecule has 1 heterocycles. The molecule has 0 saturated heterocycles. The van der Waals surface area contributed by atoms with Crippen molar-refractivity contribution in [1.82, 2.24) is 5.32 Å². The zero-order valence-corrected chi connectivity index (χ0v) is 12.0. The Hall–Kier alpha value is -1.28. The van der Waals surface area contributed by atoms with Gasteiger partial charge in [0, 0.05) is 11.8 Å². The molecule has 2 rings (SSSR count). The third-order valence-electron chi connectivity index (χ3n) is 3.09. The molecular weight excluding hydrogens is 244 g/mol. The smallest absolute Gasteiger partial charge is 0.133 e. The van der Waals surface area contributed by atoms with Crippen LogP contribution < -0.4 is 5.32 Å². The van der Waals surface area contributed by atoms with E-state index < -0.39 is 0 Å². The molecule has 1 unspecified atom stereocenters. The van der Waals surface area contributed by atoms with Gasteiger partial charge in [-0.3, -0.25) is 4.99 Å². The second kappa shape index (κ2) is 4.77. The average Bonchev–Trinajstić information content (AvgIpc) is 2.29. The lowest BCUT2D eigenvalue weighted by Crippen LogP contribution is -2.34. The van der Waals surface area contributed by atoms with Crippen LogP contribution in [0.4, 0.5) is 0 Å². The quantitative estimate of drug-likeness (QED) is 0.817. The molecule has 0 amide bonds. The van der Waals surface area contributed by atoms with E-state index in [0.717, 1.165) is 16.4 Å². The number of nitrogens with one attached hydrogen (secondary N) is 1. The number of nitrogens with zero attached hydrogens (tertiary/aromatic N) is 1. The fourth-order valence-electron chi connectivity index (χ4n) is 2.04. The van der Waals surface area contributed by atoms with Crippen molar-refractivity contribution in [1.29, 1.82) is 0 Å². The molecule has 0 fully saturated rings. The number of hydrogen-bond acceptors (Lipinski definition) is 2. The topological polar surface area (TPSA) is 24.4 Å². The van der Waals surface area contributed by atoms with Gasteiger partial charge in [-0.2, -0.15) is 0 Å². The van der Waals surface area contributed by atoms with Crippen molar-refractivity contribution >= 4 is 17.4 Å². The molecule has 1 aliphatic rings. The van der Waals surface area contributed by atoms with Gasteiger partial charge < -0.3 is 5.32 Å². The number of aliphatic imine (C=N–C) groups is 1. The van der Waals surface area contributed by atoms with E-state index >= 15 is 0 Å². The van der Waals surface area contributed by atoms with Gasteiger partial charge in [-0.05, 0) is 17.9 Å². The minimum atomic E-state index is 0.00928. The molecule has 0 spiro atoms. The molecule has 3 heteroatoms. The SMILES string of the molecule is Cc1ccccc1C1=NC(C(C)(C)C)C(Cl)=CN1. The molecule has 1 atom stereocenters. The Morgan fingerprint density at radius 3 is 2.50 bits per heavy atom. The normalized spacial score (nSPS) is 19.9. The van der Waals surface area contributed by atoms with Gasteiger partial charge in [0.2, 0.25) is 0 Å². The van der Waals surface area contributed by atoms with E-state index in [1.54, 1.807) is 0 Å². The van der Waals surface area contributed by atoms with Crippen LogP contribution in [-0.4, -0.2) is 11.9 Å². The van der Waals surface area contributed by atoms with Crippen LogP contribution in [-0.2, 0) is 0 Å². The second-order valence-electron chi connectivity index (χ2n) is 5.73. The predicted molar refractivity (Wildman–Crippen MR) is 78.0 cm³/mol. The summed E-state index contributed by atoms with van der Waals surface area (Å²) in [5, 5.41) is 3.95. The van der Waals surface area contributed by atoms with Crippen LogP contribution in [0.15, 0.2) is 40.5 Å². The summed E-state index contributed by atoms with van der Waals surface area (Å²) in [6.45, 7) is 8.54. The molecule has 18 heavy (non-hydrogen) atoms. The van der Waals surface area contributed by atoms with E-state index in [4.69, 9.17) is 16.6 Å². The van der Waals surface area contributed by atoms with Gasteiger partial charge >= 0.3 is 0 Å². The van der Waals surface area contributed by atoms with Gasteiger partial charge in [-0.15, -0.1) is 0 Å². The lowest BCUT2D eigenvalue weighted by molar-refractivity contribution is 0.360. The number of amidine groups is 1. The molecule has 1 N–H and O–H groups in total. The van der Waals surface area contributed by atoms with Gasteiger partial charge in [0.05, 0.1) is 11.1 Å². The van der Waals surface area contributed by atoms with Gasteiger partial charge in [-0.1, -0.05) is 56.6 Å². The minimum Gasteiger partial charge on any atom is -0.345 e. The Morgan fingerprint density at radius 1 is 1.22 bits per heavy atom. The Bertz CT molecular complexity index is 509. The molecule has 2 nitrogen and oxygen atoms in total. The molecule has 0 saturated carbocycles. The van der Waals surface area contributed by atoms with Crippen molar-refractivity contribution in [3.63, 3.8) is 0 Å². The van der Waals surface area contributed by atoms with Crippen LogP contribution in [0.3, 0.4) is 0 Å². The lowest BCUT2D eigenvalue weighted by atomic mass is 9.86. The fourth-order valence-corrected chi connectivity index (χ4v) is 2.47. The Morgan fingerprint density at radius 2 is 1.89 bits per heavy atom. The van der Waals surface area contributed by atoms with Crippen molar-refractivity contribution in [2.75, 3.05) is 0 Å². The van der Waals surface area contributed by atoms with Crippen LogP contribution in [0.1, 0.15) is 31.9 Å². The highest BCUT2D eigenvalue weighted by molar-refractivity contribution is 6.30. The highest BCUT2D eigenvalue weighted by Gasteiger charge is 2.29. The average molecular weight is 263 g/mol.